The van der Waals surface area contributed by atoms with E-state index in [4.69, 9.17) is 0 Å². The Kier molecular flexibility index (Phi) is 6.92. The Labute approximate surface area is 210 Å². The first-order chi connectivity index (χ1) is 17.5. The lowest BCUT2D eigenvalue weighted by atomic mass is 9.97. The number of alkyl halides is 3. The Hall–Kier alpha value is -3.98. The van der Waals surface area contributed by atoms with Crippen molar-refractivity contribution in [1.29, 1.82) is 5.26 Å². The third-order valence-electron chi connectivity index (χ3n) is 6.80. The number of hydrogen-bond acceptors (Lipinski definition) is 7. The van der Waals surface area contributed by atoms with E-state index in [1.54, 1.807) is 18.0 Å². The number of carboxylic acid groups (broad SMARTS) is 1. The van der Waals surface area contributed by atoms with Gasteiger partial charge in [-0.3, -0.25) is 14.3 Å². The topological polar surface area (TPSA) is 115 Å². The molecule has 1 aromatic carbocycles. The van der Waals surface area contributed by atoms with Crippen LogP contribution in [0.2, 0.25) is 0 Å². The van der Waals surface area contributed by atoms with Crippen LogP contribution in [0.3, 0.4) is 0 Å². The first kappa shape index (κ1) is 26.1. The summed E-state index contributed by atoms with van der Waals surface area (Å²) in [5.74, 6) is -0.862. The van der Waals surface area contributed by atoms with Crippen molar-refractivity contribution >= 4 is 22.8 Å². The monoisotopic (exact) mass is 514 g/mol. The van der Waals surface area contributed by atoms with Crippen LogP contribution < -0.4 is 10.6 Å². The molecule has 0 aliphatic carbocycles. The van der Waals surface area contributed by atoms with E-state index in [0.717, 1.165) is 12.1 Å². The molecule has 0 saturated carbocycles. The number of aromatic nitrogens is 3. The number of piperazine rings is 1. The molecule has 9 nitrogen and oxygen atoms in total. The van der Waals surface area contributed by atoms with Crippen LogP contribution in [0.4, 0.5) is 19.0 Å². The molecule has 2 unspecified atom stereocenters. The number of fused-ring (bicyclic) bond motifs is 1. The van der Waals surface area contributed by atoms with Crippen LogP contribution in [0.25, 0.3) is 11.0 Å². The number of nitriles is 1. The zero-order valence-electron chi connectivity index (χ0n) is 20.4. The van der Waals surface area contributed by atoms with Crippen molar-refractivity contribution in [2.45, 2.75) is 44.6 Å². The van der Waals surface area contributed by atoms with E-state index in [1.165, 1.54) is 22.8 Å². The molecule has 3 atom stereocenters. The largest absolute Gasteiger partial charge is 0.480 e. The summed E-state index contributed by atoms with van der Waals surface area (Å²) in [6.07, 6.45) is -3.99. The lowest BCUT2D eigenvalue weighted by molar-refractivity contribution is -0.145. The van der Waals surface area contributed by atoms with Gasteiger partial charge in [0.05, 0.1) is 11.1 Å². The summed E-state index contributed by atoms with van der Waals surface area (Å²) in [6, 6.07) is 7.53. The maximum Gasteiger partial charge on any atom is 0.416 e. The minimum atomic E-state index is -4.52. The van der Waals surface area contributed by atoms with Gasteiger partial charge in [-0.2, -0.15) is 23.4 Å². The summed E-state index contributed by atoms with van der Waals surface area (Å²) < 4.78 is 40.4. The van der Waals surface area contributed by atoms with Gasteiger partial charge < -0.3 is 10.0 Å². The molecule has 1 aliphatic heterocycles. The van der Waals surface area contributed by atoms with Crippen LogP contribution in [-0.4, -0.2) is 55.7 Å². The fraction of sp³-hybridized carbons (Fsp3) is 0.400. The van der Waals surface area contributed by atoms with Gasteiger partial charge in [-0.15, -0.1) is 0 Å². The van der Waals surface area contributed by atoms with E-state index in [1.807, 2.05) is 24.8 Å². The summed E-state index contributed by atoms with van der Waals surface area (Å²) in [6.45, 7) is 4.28. The van der Waals surface area contributed by atoms with Gasteiger partial charge in [-0.1, -0.05) is 19.1 Å². The summed E-state index contributed by atoms with van der Waals surface area (Å²) in [5, 5.41) is 19.4. The highest BCUT2D eigenvalue weighted by molar-refractivity contribution is 5.86. The molecular weight excluding hydrogens is 489 g/mol. The van der Waals surface area contributed by atoms with E-state index >= 15 is 0 Å². The molecular formula is C25H25F3N6O3. The predicted molar refractivity (Wildman–Crippen MR) is 129 cm³/mol. The molecule has 0 radical (unpaired) electrons. The van der Waals surface area contributed by atoms with Gasteiger partial charge in [0.2, 0.25) is 0 Å². The average Bonchev–Trinajstić information content (AvgIpc) is 2.86. The maximum atomic E-state index is 13.0. The fourth-order valence-corrected chi connectivity index (χ4v) is 4.84. The number of aliphatic carboxylic acids is 1. The smallest absolute Gasteiger partial charge is 0.416 e. The summed E-state index contributed by atoms with van der Waals surface area (Å²) >= 11 is 0. The van der Waals surface area contributed by atoms with Crippen molar-refractivity contribution in [3.63, 3.8) is 0 Å². The van der Waals surface area contributed by atoms with Crippen molar-refractivity contribution in [2.24, 2.45) is 7.05 Å². The molecule has 1 saturated heterocycles. The molecule has 0 amide bonds. The van der Waals surface area contributed by atoms with Gasteiger partial charge in [0.15, 0.2) is 5.82 Å². The number of halogens is 3. The number of pyridine rings is 1. The highest BCUT2D eigenvalue weighted by Gasteiger charge is 2.40. The molecule has 1 N–H and O–H groups in total. The zero-order valence-corrected chi connectivity index (χ0v) is 20.4. The highest BCUT2D eigenvalue weighted by Crippen LogP contribution is 2.35. The molecule has 12 heteroatoms. The van der Waals surface area contributed by atoms with E-state index in [9.17, 15) is 33.1 Å². The van der Waals surface area contributed by atoms with Crippen LogP contribution in [-0.2, 0) is 18.0 Å². The van der Waals surface area contributed by atoms with Gasteiger partial charge in [0.1, 0.15) is 23.3 Å². The van der Waals surface area contributed by atoms with Crippen LogP contribution in [0.5, 0.6) is 0 Å². The molecule has 37 heavy (non-hydrogen) atoms. The summed E-state index contributed by atoms with van der Waals surface area (Å²) in [5.41, 5.74) is -0.0418. The molecule has 1 fully saturated rings. The van der Waals surface area contributed by atoms with Crippen molar-refractivity contribution in [1.82, 2.24) is 19.4 Å². The third kappa shape index (κ3) is 4.86. The Bertz CT molecular complexity index is 1430. The third-order valence-corrected chi connectivity index (χ3v) is 6.80. The number of nitrogens with zero attached hydrogens (tertiary/aromatic N) is 6. The van der Waals surface area contributed by atoms with Gasteiger partial charge in [-0.25, -0.2) is 9.78 Å². The molecule has 0 bridgehead atoms. The Morgan fingerprint density at radius 3 is 2.43 bits per heavy atom. The fourth-order valence-electron chi connectivity index (χ4n) is 4.84. The van der Waals surface area contributed by atoms with E-state index in [-0.39, 0.29) is 29.9 Å². The Morgan fingerprint density at radius 2 is 1.86 bits per heavy atom. The number of rotatable bonds is 5. The first-order valence-electron chi connectivity index (χ1n) is 11.7. The number of carbonyl (C=O) groups is 1. The van der Waals surface area contributed by atoms with E-state index < -0.39 is 29.4 Å². The molecule has 2 aromatic heterocycles. The second kappa shape index (κ2) is 9.82. The van der Waals surface area contributed by atoms with Crippen LogP contribution in [0, 0.1) is 11.3 Å². The first-order valence-corrected chi connectivity index (χ1v) is 11.7. The quantitative estimate of drug-likeness (QED) is 0.551. The van der Waals surface area contributed by atoms with E-state index in [0.29, 0.717) is 29.8 Å². The van der Waals surface area contributed by atoms with Crippen molar-refractivity contribution in [3.8, 4) is 6.07 Å². The van der Waals surface area contributed by atoms with Crippen molar-refractivity contribution in [3.05, 3.63) is 63.7 Å². The van der Waals surface area contributed by atoms with Crippen LogP contribution in [0.1, 0.15) is 43.1 Å². The standard InChI is InChI=1S/C25H25F3N6O3/c1-4-18-13-33(22-20-19(32(3)24(37)31-22)10-9-17(11-29)30-20)14(2)12-34(18)21(23(35)36)15-5-7-16(8-6-15)25(26,27)28/h5-10,14,18,21H,4,12-13H2,1-3H3,(H,35,36)/t14?,18-,21?/m1/s1. The zero-order chi connectivity index (χ0) is 27.1. The number of benzene rings is 1. The second-order valence-electron chi connectivity index (χ2n) is 9.07. The second-order valence-corrected chi connectivity index (χ2v) is 9.07. The molecule has 0 spiro atoms. The Balaban J connectivity index is 1.73. The van der Waals surface area contributed by atoms with E-state index in [2.05, 4.69) is 9.97 Å². The predicted octanol–water partition coefficient (Wildman–Crippen LogP) is 3.33. The SMILES string of the molecule is CC[C@@H]1CN(c2nc(=O)n(C)c3ccc(C#N)nc23)C(C)CN1C(C(=O)O)c1ccc(C(F)(F)F)cc1. The molecule has 194 valence electrons. The minimum Gasteiger partial charge on any atom is -0.480 e. The number of hydrogen-bond donors (Lipinski definition) is 1. The molecule has 3 aromatic rings. The van der Waals surface area contributed by atoms with Crippen LogP contribution in [0.15, 0.2) is 41.2 Å². The number of anilines is 1. The van der Waals surface area contributed by atoms with Gasteiger partial charge in [-0.05, 0) is 43.2 Å². The van der Waals surface area contributed by atoms with Crippen molar-refractivity contribution < 1.29 is 23.1 Å². The normalized spacial score (nSPS) is 19.5. The van der Waals surface area contributed by atoms with Gasteiger partial charge >= 0.3 is 17.8 Å². The lowest BCUT2D eigenvalue weighted by Gasteiger charge is -2.47. The minimum absolute atomic E-state index is 0.167. The number of carboxylic acids is 1. The summed E-state index contributed by atoms with van der Waals surface area (Å²) in [7, 11) is 1.56. The lowest BCUT2D eigenvalue weighted by Crippen LogP contribution is -2.59. The molecule has 1 aliphatic rings. The Morgan fingerprint density at radius 1 is 1.19 bits per heavy atom. The van der Waals surface area contributed by atoms with Crippen LogP contribution >= 0.6 is 0 Å². The summed E-state index contributed by atoms with van der Waals surface area (Å²) in [4.78, 5) is 37.2. The highest BCUT2D eigenvalue weighted by atomic mass is 19.4. The molecule has 4 rings (SSSR count). The molecule has 3 heterocycles. The average molecular weight is 515 g/mol. The maximum absolute atomic E-state index is 13.0. The van der Waals surface area contributed by atoms with Crippen molar-refractivity contribution in [2.75, 3.05) is 18.0 Å². The van der Waals surface area contributed by atoms with Gasteiger partial charge in [0, 0.05) is 32.2 Å². The van der Waals surface area contributed by atoms with Gasteiger partial charge in [0.25, 0.3) is 0 Å². The number of aryl methyl sites for hydroxylation is 1.